The summed E-state index contributed by atoms with van der Waals surface area (Å²) in [6.45, 7) is 14.2. The Labute approximate surface area is 800 Å². The number of hydrogen-bond acceptors (Lipinski definition) is 6. The molecule has 12 aliphatic rings. The molecule has 0 aromatic carbocycles. The van der Waals surface area contributed by atoms with Crippen molar-refractivity contribution >= 4 is 0 Å². The minimum Gasteiger partial charge on any atom is -0.198 e. The van der Waals surface area contributed by atoms with Crippen LogP contribution >= 0.6 is 0 Å². The van der Waals surface area contributed by atoms with E-state index in [2.05, 4.69) is 78.0 Å². The number of hydrogen-bond donors (Lipinski definition) is 0. The van der Waals surface area contributed by atoms with Gasteiger partial charge in [0.15, 0.2) is 0 Å². The molecule has 728 valence electrons. The first-order valence-electron chi connectivity index (χ1n) is 59.7. The largest absolute Gasteiger partial charge is 0.198 e. The van der Waals surface area contributed by atoms with E-state index in [1.54, 1.807) is 0 Å². The molecule has 129 heavy (non-hydrogen) atoms. The normalized spacial score (nSPS) is 36.3. The zero-order valence-corrected chi connectivity index (χ0v) is 86.0. The van der Waals surface area contributed by atoms with Crippen molar-refractivity contribution < 1.29 is 0 Å². The molecule has 0 aromatic rings. The molecule has 12 saturated carbocycles. The molecule has 6 heteroatoms. The van der Waals surface area contributed by atoms with Crippen LogP contribution in [0.5, 0.6) is 0 Å². The van der Waals surface area contributed by atoms with Crippen LogP contribution in [-0.4, -0.2) is 0 Å². The van der Waals surface area contributed by atoms with Crippen molar-refractivity contribution in [1.29, 1.82) is 31.6 Å². The van der Waals surface area contributed by atoms with Gasteiger partial charge in [-0.25, -0.2) is 0 Å². The van der Waals surface area contributed by atoms with Crippen molar-refractivity contribution in [3.8, 4) is 36.4 Å². The summed E-state index contributed by atoms with van der Waals surface area (Å²) < 4.78 is 0. The molecular weight excluding hydrogens is 1560 g/mol. The van der Waals surface area contributed by atoms with Crippen LogP contribution in [0.3, 0.4) is 0 Å². The lowest BCUT2D eigenvalue weighted by molar-refractivity contribution is 0.0127. The molecular formula is C123H206N6. The molecule has 0 radical (unpaired) electrons. The molecule has 12 rings (SSSR count). The molecule has 0 aromatic heterocycles. The maximum atomic E-state index is 13.5. The fourth-order valence-electron chi connectivity index (χ4n) is 34.6. The van der Waals surface area contributed by atoms with Crippen LogP contribution in [0.2, 0.25) is 0 Å². The maximum Gasteiger partial charge on any atom is 0.0760 e. The molecule has 18 unspecified atom stereocenters. The summed E-state index contributed by atoms with van der Waals surface area (Å²) in [4.78, 5) is 0. The van der Waals surface area contributed by atoms with Crippen molar-refractivity contribution in [2.45, 2.75) is 562 Å². The molecule has 6 nitrogen and oxygen atoms in total. The third kappa shape index (κ3) is 29.8. The van der Waals surface area contributed by atoms with Crippen LogP contribution in [0, 0.1) is 244 Å². The first-order chi connectivity index (χ1) is 63.2. The highest BCUT2D eigenvalue weighted by Gasteiger charge is 2.56. The molecule has 18 atom stereocenters. The van der Waals surface area contributed by atoms with Crippen LogP contribution < -0.4 is 0 Å². The van der Waals surface area contributed by atoms with Crippen LogP contribution in [0.4, 0.5) is 0 Å². The standard InChI is InChI=1S/C123H206N6/c1-7-13-17-19-22-35-99-55-65-102(66-56-99)108-39-26-40-109(83-108)114(37-23-24-81-124)88-119(89-125)123(93-129,118-48-30-44-113(87-118)106-71-59-98(60-72-106)34-21-18-14-8-2)80-79-122(92-128,117-47-29-43-112(86-117)105-69-57-97(58-70-105)33-20-15-9-3)78-77-121(91-127,116-46-28-42-111(85-116)104-67-53-96(54-68-104)32-16-10-4)76-75-120(90-126,115-45-27-41-110(84-115)103-63-51-95(31-11-5)52-64-103)74-73-100-36-25-38-107(82-100)101-61-49-94(12-6)50-62-101/h94-119H,7-80,82-88H2,1-6H3. The molecule has 0 N–H and O–H groups in total. The second-order valence-corrected chi connectivity index (χ2v) is 50.3. The SMILES string of the molecule is CCCCCCCC1CCC(C2CCCC(C(CCCC#N)CC(C#N)C(C#N)(CCC(C#N)(CCC(C#N)(CCC(C#N)(CCC3CCCC(C4CCC(CC)CC4)C3)C3CCCC(C4CCC(CCC)CC4)C3)C3CCCC(C4CCC(CCCC)CC4)C3)C3CCCC(C4CCC(CCCCC)CC4)C3)C3CCCC(C4CCC(CCCCCC)CC4)C3)C2)CC1. The van der Waals surface area contributed by atoms with Gasteiger partial charge in [0.05, 0.1) is 64.0 Å². The molecule has 0 bridgehead atoms. The number of nitrogens with zero attached hydrogens (tertiary/aromatic N) is 6. The van der Waals surface area contributed by atoms with Gasteiger partial charge in [-0.1, -0.05) is 343 Å². The fourth-order valence-corrected chi connectivity index (χ4v) is 34.6. The Morgan fingerprint density at radius 1 is 0.248 bits per heavy atom. The summed E-state index contributed by atoms with van der Waals surface area (Å²) >= 11 is 0. The topological polar surface area (TPSA) is 143 Å². The third-order valence-corrected chi connectivity index (χ3v) is 43.2. The maximum absolute atomic E-state index is 13.5. The van der Waals surface area contributed by atoms with Crippen molar-refractivity contribution in [1.82, 2.24) is 0 Å². The minimum absolute atomic E-state index is 0.107. The van der Waals surface area contributed by atoms with Gasteiger partial charge >= 0.3 is 0 Å². The van der Waals surface area contributed by atoms with E-state index in [1.807, 2.05) is 0 Å². The molecule has 0 heterocycles. The lowest BCUT2D eigenvalue weighted by atomic mass is 9.52. The first-order valence-corrected chi connectivity index (χ1v) is 59.7. The lowest BCUT2D eigenvalue weighted by Crippen LogP contribution is -2.44. The average Bonchev–Trinajstić information content (AvgIpc) is 0.758. The Morgan fingerprint density at radius 3 is 0.977 bits per heavy atom. The highest BCUT2D eigenvalue weighted by atomic mass is 14.6. The van der Waals surface area contributed by atoms with E-state index in [0.29, 0.717) is 84.9 Å². The first kappa shape index (κ1) is 105. The second-order valence-electron chi connectivity index (χ2n) is 50.3. The van der Waals surface area contributed by atoms with Gasteiger partial charge in [0.25, 0.3) is 0 Å². The van der Waals surface area contributed by atoms with E-state index in [9.17, 15) is 31.6 Å². The second kappa shape index (κ2) is 55.5. The van der Waals surface area contributed by atoms with E-state index in [1.165, 1.54) is 405 Å². The molecule has 12 fully saturated rings. The summed E-state index contributed by atoms with van der Waals surface area (Å²) in [6, 6.07) is 19.8. The van der Waals surface area contributed by atoms with Crippen molar-refractivity contribution in [3.05, 3.63) is 0 Å². The Hall–Kier alpha value is -3.06. The van der Waals surface area contributed by atoms with E-state index in [0.717, 1.165) is 161 Å². The van der Waals surface area contributed by atoms with Crippen LogP contribution in [0.15, 0.2) is 0 Å². The van der Waals surface area contributed by atoms with Crippen LogP contribution in [-0.2, 0) is 0 Å². The van der Waals surface area contributed by atoms with Gasteiger partial charge < -0.3 is 0 Å². The molecule has 0 amide bonds. The summed E-state index contributed by atoms with van der Waals surface area (Å²) in [5.74, 6) is 15.9. The highest BCUT2D eigenvalue weighted by Crippen LogP contribution is 2.63. The third-order valence-electron chi connectivity index (χ3n) is 43.2. The van der Waals surface area contributed by atoms with Crippen molar-refractivity contribution in [3.63, 3.8) is 0 Å². The quantitative estimate of drug-likeness (QED) is 0.0555. The molecule has 0 spiro atoms. The summed E-state index contributed by atoms with van der Waals surface area (Å²) in [6.07, 6.45) is 101. The summed E-state index contributed by atoms with van der Waals surface area (Å²) in [5.41, 5.74) is -2.80. The Kier molecular flexibility index (Phi) is 45.1. The number of nitriles is 6. The smallest absolute Gasteiger partial charge is 0.0760 e. The summed E-state index contributed by atoms with van der Waals surface area (Å²) in [5, 5.41) is 76.3. The van der Waals surface area contributed by atoms with E-state index >= 15 is 0 Å². The van der Waals surface area contributed by atoms with E-state index in [-0.39, 0.29) is 17.8 Å². The minimum atomic E-state index is -0.906. The number of unbranched alkanes of at least 4 members (excludes halogenated alkanes) is 11. The lowest BCUT2D eigenvalue weighted by Gasteiger charge is -2.50. The predicted molar refractivity (Wildman–Crippen MR) is 542 cm³/mol. The molecule has 0 saturated heterocycles. The van der Waals surface area contributed by atoms with Crippen molar-refractivity contribution in [2.75, 3.05) is 0 Å². The average molecular weight is 1770 g/mol. The number of rotatable bonds is 50. The molecule has 0 aliphatic heterocycles. The highest BCUT2D eigenvalue weighted by molar-refractivity contribution is 5.19. The van der Waals surface area contributed by atoms with Gasteiger partial charge in [-0.05, 0) is 360 Å². The zero-order valence-electron chi connectivity index (χ0n) is 86.0. The van der Waals surface area contributed by atoms with E-state index < -0.39 is 27.6 Å². The van der Waals surface area contributed by atoms with Gasteiger partial charge in [0, 0.05) is 6.42 Å². The van der Waals surface area contributed by atoms with Gasteiger partial charge in [-0.3, -0.25) is 0 Å². The zero-order chi connectivity index (χ0) is 90.5. The fraction of sp³-hybridized carbons (Fsp3) is 0.951. The Morgan fingerprint density at radius 2 is 0.581 bits per heavy atom. The Balaban J connectivity index is 0.907. The Bertz CT molecular complexity index is 3340. The van der Waals surface area contributed by atoms with Gasteiger partial charge in [-0.2, -0.15) is 31.6 Å². The monoisotopic (exact) mass is 1770 g/mol. The van der Waals surface area contributed by atoms with Gasteiger partial charge in [0.1, 0.15) is 0 Å². The van der Waals surface area contributed by atoms with Gasteiger partial charge in [-0.15, -0.1) is 0 Å². The van der Waals surface area contributed by atoms with Crippen LogP contribution in [0.25, 0.3) is 0 Å². The van der Waals surface area contributed by atoms with E-state index in [4.69, 9.17) is 0 Å². The van der Waals surface area contributed by atoms with Gasteiger partial charge in [0.2, 0.25) is 0 Å². The predicted octanol–water partition coefficient (Wildman–Crippen LogP) is 38.0. The van der Waals surface area contributed by atoms with Crippen LogP contribution in [0.1, 0.15) is 562 Å². The molecule has 12 aliphatic carbocycles. The summed E-state index contributed by atoms with van der Waals surface area (Å²) in [7, 11) is 0. The van der Waals surface area contributed by atoms with Crippen molar-refractivity contribution in [2.24, 2.45) is 176 Å².